The van der Waals surface area contributed by atoms with E-state index in [1.54, 1.807) is 6.07 Å². The molecular formula is C12H17Cl2NO2. The van der Waals surface area contributed by atoms with Gasteiger partial charge in [-0.2, -0.15) is 0 Å². The number of hydrogen-bond donors (Lipinski definition) is 2. The van der Waals surface area contributed by atoms with Crippen LogP contribution in [-0.4, -0.2) is 18.3 Å². The molecule has 1 fully saturated rings. The van der Waals surface area contributed by atoms with Crippen LogP contribution in [0.3, 0.4) is 0 Å². The van der Waals surface area contributed by atoms with E-state index in [0.717, 1.165) is 31.6 Å². The van der Waals surface area contributed by atoms with Crippen LogP contribution in [0.5, 0.6) is 5.75 Å². The van der Waals surface area contributed by atoms with Crippen molar-refractivity contribution in [3.63, 3.8) is 0 Å². The second-order valence-corrected chi connectivity index (χ2v) is 4.56. The molecule has 0 saturated carbocycles. The Kier molecular flexibility index (Phi) is 5.53. The molecule has 3 N–H and O–H groups in total. The van der Waals surface area contributed by atoms with Crippen LogP contribution in [0.25, 0.3) is 0 Å². The first-order chi connectivity index (χ1) is 7.70. The minimum atomic E-state index is -0.164. The maximum Gasteiger partial charge on any atom is 0.138 e. The lowest BCUT2D eigenvalue weighted by atomic mass is 9.87. The van der Waals surface area contributed by atoms with E-state index in [1.807, 2.05) is 12.1 Å². The molecule has 2 rings (SSSR count). The van der Waals surface area contributed by atoms with Crippen molar-refractivity contribution >= 4 is 24.0 Å². The Morgan fingerprint density at radius 2 is 2.00 bits per heavy atom. The molecule has 0 unspecified atom stereocenters. The molecular weight excluding hydrogens is 261 g/mol. The van der Waals surface area contributed by atoms with Gasteiger partial charge in [-0.3, -0.25) is 0 Å². The van der Waals surface area contributed by atoms with Gasteiger partial charge in [0.05, 0.1) is 5.02 Å². The fourth-order valence-corrected chi connectivity index (χ4v) is 2.31. The Hall–Kier alpha value is -0.480. The Morgan fingerprint density at radius 1 is 1.35 bits per heavy atom. The number of phenols is 1. The average molecular weight is 278 g/mol. The van der Waals surface area contributed by atoms with Crippen LogP contribution in [0, 0.1) is 5.92 Å². The first kappa shape index (κ1) is 14.6. The molecule has 0 bridgehead atoms. The number of phenolic OH excluding ortho intramolecular Hbond substituents is 1. The number of nitrogens with two attached hydrogens (primary N) is 1. The lowest BCUT2D eigenvalue weighted by molar-refractivity contribution is 0.0581. The standard InChI is InChI=1S/C12H16ClNO2.ClH/c13-10-3-1-2-9(12(10)15)11(14)8-4-6-16-7-5-8;/h1-3,8,11,15H,4-7,14H2;1H/t11-;/m1./s1. The molecule has 1 aliphatic rings. The number of ether oxygens (including phenoxy) is 1. The van der Waals surface area contributed by atoms with Crippen molar-refractivity contribution in [1.29, 1.82) is 0 Å². The topological polar surface area (TPSA) is 55.5 Å². The highest BCUT2D eigenvalue weighted by molar-refractivity contribution is 6.32. The van der Waals surface area contributed by atoms with Gasteiger partial charge < -0.3 is 15.6 Å². The zero-order valence-corrected chi connectivity index (χ0v) is 11.0. The van der Waals surface area contributed by atoms with Crippen LogP contribution in [-0.2, 0) is 4.74 Å². The fourth-order valence-electron chi connectivity index (χ4n) is 2.13. The number of hydrogen-bond acceptors (Lipinski definition) is 3. The van der Waals surface area contributed by atoms with Gasteiger partial charge in [0.2, 0.25) is 0 Å². The van der Waals surface area contributed by atoms with E-state index in [4.69, 9.17) is 22.1 Å². The molecule has 1 aromatic rings. The second-order valence-electron chi connectivity index (χ2n) is 4.15. The lowest BCUT2D eigenvalue weighted by Crippen LogP contribution is -2.27. The maximum absolute atomic E-state index is 9.86. The Labute approximate surface area is 112 Å². The third kappa shape index (κ3) is 3.26. The molecule has 1 aromatic carbocycles. The molecule has 0 aromatic heterocycles. The van der Waals surface area contributed by atoms with E-state index in [1.165, 1.54) is 0 Å². The number of halogens is 2. The summed E-state index contributed by atoms with van der Waals surface area (Å²) < 4.78 is 5.30. The largest absolute Gasteiger partial charge is 0.506 e. The zero-order valence-electron chi connectivity index (χ0n) is 9.43. The highest BCUT2D eigenvalue weighted by atomic mass is 35.5. The molecule has 96 valence electrons. The second kappa shape index (κ2) is 6.45. The highest BCUT2D eigenvalue weighted by Gasteiger charge is 2.24. The molecule has 0 aliphatic carbocycles. The van der Waals surface area contributed by atoms with Crippen molar-refractivity contribution in [3.05, 3.63) is 28.8 Å². The fraction of sp³-hybridized carbons (Fsp3) is 0.500. The van der Waals surface area contributed by atoms with Crippen molar-refractivity contribution in [2.24, 2.45) is 11.7 Å². The molecule has 1 atom stereocenters. The van der Waals surface area contributed by atoms with E-state index in [-0.39, 0.29) is 24.2 Å². The number of para-hydroxylation sites is 1. The summed E-state index contributed by atoms with van der Waals surface area (Å²) >= 11 is 5.87. The normalized spacial score (nSPS) is 18.5. The van der Waals surface area contributed by atoms with E-state index in [9.17, 15) is 5.11 Å². The molecule has 5 heteroatoms. The Bertz CT molecular complexity index is 368. The number of benzene rings is 1. The Balaban J connectivity index is 0.00000144. The van der Waals surface area contributed by atoms with E-state index >= 15 is 0 Å². The summed E-state index contributed by atoms with van der Waals surface area (Å²) in [5.74, 6) is 0.473. The monoisotopic (exact) mass is 277 g/mol. The van der Waals surface area contributed by atoms with Gasteiger partial charge in [0.15, 0.2) is 0 Å². The maximum atomic E-state index is 9.86. The lowest BCUT2D eigenvalue weighted by Gasteiger charge is -2.28. The molecule has 1 saturated heterocycles. The molecule has 3 nitrogen and oxygen atoms in total. The summed E-state index contributed by atoms with van der Waals surface area (Å²) in [7, 11) is 0. The van der Waals surface area contributed by atoms with E-state index in [2.05, 4.69) is 0 Å². The summed E-state index contributed by atoms with van der Waals surface area (Å²) in [4.78, 5) is 0. The SMILES string of the molecule is Cl.N[C@@H](c1cccc(Cl)c1O)C1CCOCC1. The van der Waals surface area contributed by atoms with E-state index < -0.39 is 0 Å². The minimum Gasteiger partial charge on any atom is -0.506 e. The zero-order chi connectivity index (χ0) is 11.5. The molecule has 1 aliphatic heterocycles. The molecule has 17 heavy (non-hydrogen) atoms. The van der Waals surface area contributed by atoms with Crippen LogP contribution in [0.15, 0.2) is 18.2 Å². The van der Waals surface area contributed by atoms with Gasteiger partial charge in [0, 0.05) is 24.8 Å². The van der Waals surface area contributed by atoms with Gasteiger partial charge in [-0.15, -0.1) is 12.4 Å². The van der Waals surface area contributed by atoms with Crippen LogP contribution >= 0.6 is 24.0 Å². The minimum absolute atomic E-state index is 0. The third-order valence-electron chi connectivity index (χ3n) is 3.15. The summed E-state index contributed by atoms with van der Waals surface area (Å²) in [6.07, 6.45) is 1.88. The summed E-state index contributed by atoms with van der Waals surface area (Å²) in [5, 5.41) is 10.2. The summed E-state index contributed by atoms with van der Waals surface area (Å²) in [6.45, 7) is 1.50. The summed E-state index contributed by atoms with van der Waals surface area (Å²) in [6, 6.07) is 5.15. The van der Waals surface area contributed by atoms with E-state index in [0.29, 0.717) is 10.9 Å². The third-order valence-corrected chi connectivity index (χ3v) is 3.46. The van der Waals surface area contributed by atoms with Crippen molar-refractivity contribution in [3.8, 4) is 5.75 Å². The van der Waals surface area contributed by atoms with Gasteiger partial charge in [0.1, 0.15) is 5.75 Å². The predicted molar refractivity (Wildman–Crippen MR) is 70.8 cm³/mol. The first-order valence-corrected chi connectivity index (χ1v) is 5.88. The van der Waals surface area contributed by atoms with Gasteiger partial charge in [-0.1, -0.05) is 23.7 Å². The van der Waals surface area contributed by atoms with Crippen LogP contribution in [0.4, 0.5) is 0 Å². The molecule has 0 spiro atoms. The van der Waals surface area contributed by atoms with Crippen molar-refractivity contribution in [2.75, 3.05) is 13.2 Å². The molecule has 0 radical (unpaired) electrons. The quantitative estimate of drug-likeness (QED) is 0.874. The van der Waals surface area contributed by atoms with Gasteiger partial charge in [0.25, 0.3) is 0 Å². The first-order valence-electron chi connectivity index (χ1n) is 5.51. The molecule has 1 heterocycles. The number of rotatable bonds is 2. The van der Waals surface area contributed by atoms with Crippen LogP contribution < -0.4 is 5.73 Å². The highest BCUT2D eigenvalue weighted by Crippen LogP contribution is 2.36. The van der Waals surface area contributed by atoms with Crippen molar-refractivity contribution in [1.82, 2.24) is 0 Å². The predicted octanol–water partition coefficient (Wildman–Crippen LogP) is 2.89. The van der Waals surface area contributed by atoms with Crippen molar-refractivity contribution < 1.29 is 9.84 Å². The summed E-state index contributed by atoms with van der Waals surface area (Å²) in [5.41, 5.74) is 6.90. The Morgan fingerprint density at radius 3 is 2.65 bits per heavy atom. The molecule has 0 amide bonds. The van der Waals surface area contributed by atoms with Gasteiger partial charge >= 0.3 is 0 Å². The number of aromatic hydroxyl groups is 1. The van der Waals surface area contributed by atoms with Gasteiger partial charge in [-0.25, -0.2) is 0 Å². The van der Waals surface area contributed by atoms with Gasteiger partial charge in [-0.05, 0) is 24.8 Å². The average Bonchev–Trinajstić information content (AvgIpc) is 2.33. The van der Waals surface area contributed by atoms with Crippen molar-refractivity contribution in [2.45, 2.75) is 18.9 Å². The smallest absolute Gasteiger partial charge is 0.138 e. The van der Waals surface area contributed by atoms with Crippen LogP contribution in [0.1, 0.15) is 24.4 Å². The van der Waals surface area contributed by atoms with Crippen LogP contribution in [0.2, 0.25) is 5.02 Å².